The van der Waals surface area contributed by atoms with Crippen molar-refractivity contribution in [3.05, 3.63) is 101 Å². The van der Waals surface area contributed by atoms with Gasteiger partial charge in [0.25, 0.3) is 5.69 Å². The van der Waals surface area contributed by atoms with E-state index in [1.807, 2.05) is 67.6 Å². The number of carboxylic acid groups (broad SMARTS) is 1. The fourth-order valence-corrected chi connectivity index (χ4v) is 4.76. The number of hydrogen-bond acceptors (Lipinski definition) is 5. The van der Waals surface area contributed by atoms with Gasteiger partial charge in [-0.1, -0.05) is 60.7 Å². The highest BCUT2D eigenvalue weighted by Gasteiger charge is 2.22. The molecule has 0 fully saturated rings. The minimum atomic E-state index is -1.43. The molecule has 4 aromatic carbocycles. The zero-order valence-electron chi connectivity index (χ0n) is 20.1. The van der Waals surface area contributed by atoms with Gasteiger partial charge in [0.1, 0.15) is 5.75 Å². The second-order valence-corrected chi connectivity index (χ2v) is 8.65. The van der Waals surface area contributed by atoms with Crippen LogP contribution in [0, 0.1) is 17.0 Å². The van der Waals surface area contributed by atoms with Crippen LogP contribution in [-0.4, -0.2) is 27.4 Å². The third-order valence-corrected chi connectivity index (χ3v) is 6.35. The van der Waals surface area contributed by atoms with E-state index in [1.54, 1.807) is 22.8 Å². The number of hydrogen-bond donors (Lipinski definition) is 1. The molecule has 0 aliphatic heterocycles. The number of rotatable bonds is 8. The number of fused-ring (bicyclic) bond motifs is 2. The Kier molecular flexibility index (Phi) is 6.47. The van der Waals surface area contributed by atoms with Gasteiger partial charge in [-0.3, -0.25) is 10.1 Å². The summed E-state index contributed by atoms with van der Waals surface area (Å²) in [7, 11) is 0. The molecule has 0 aliphatic carbocycles. The fraction of sp³-hybridized carbons (Fsp3) is 0.138. The van der Waals surface area contributed by atoms with Gasteiger partial charge in [-0.05, 0) is 42.0 Å². The zero-order valence-corrected chi connectivity index (χ0v) is 20.1. The van der Waals surface area contributed by atoms with Crippen LogP contribution in [0.25, 0.3) is 32.8 Å². The average Bonchev–Trinajstić information content (AvgIpc) is 3.23. The number of nitrogens with zero attached hydrogens (tertiary/aromatic N) is 2. The maximum atomic E-state index is 11.8. The van der Waals surface area contributed by atoms with E-state index in [2.05, 4.69) is 0 Å². The number of nitro benzene ring substituents is 1. The van der Waals surface area contributed by atoms with Gasteiger partial charge < -0.3 is 19.1 Å². The lowest BCUT2D eigenvalue weighted by Crippen LogP contribution is -2.10. The molecular weight excluding hydrogens is 472 g/mol. The van der Waals surface area contributed by atoms with Gasteiger partial charge in [0.05, 0.1) is 22.6 Å². The minimum Gasteiger partial charge on any atom is -0.493 e. The summed E-state index contributed by atoms with van der Waals surface area (Å²) in [5.41, 5.74) is 2.60. The number of benzene rings is 4. The molecule has 0 saturated heterocycles. The summed E-state index contributed by atoms with van der Waals surface area (Å²) in [6, 6.07) is 25.9. The fourth-order valence-electron chi connectivity index (χ4n) is 4.76. The van der Waals surface area contributed by atoms with Crippen molar-refractivity contribution < 1.29 is 24.3 Å². The summed E-state index contributed by atoms with van der Waals surface area (Å²) in [4.78, 5) is 22.8. The van der Waals surface area contributed by atoms with Crippen molar-refractivity contribution in [1.82, 2.24) is 4.57 Å². The number of nitro groups is 1. The van der Waals surface area contributed by atoms with E-state index in [9.17, 15) is 20.0 Å². The molecule has 0 amide bonds. The van der Waals surface area contributed by atoms with E-state index in [4.69, 9.17) is 9.47 Å². The van der Waals surface area contributed by atoms with Gasteiger partial charge in [-0.2, -0.15) is 0 Å². The Morgan fingerprint density at radius 2 is 1.73 bits per heavy atom. The van der Waals surface area contributed by atoms with Crippen LogP contribution in [0.1, 0.15) is 12.0 Å². The predicted octanol–water partition coefficient (Wildman–Crippen LogP) is 7.20. The van der Waals surface area contributed by atoms with Crippen molar-refractivity contribution in [2.75, 3.05) is 6.61 Å². The Balaban J connectivity index is 1.47. The summed E-state index contributed by atoms with van der Waals surface area (Å²) in [5, 5.41) is 23.9. The first kappa shape index (κ1) is 23.9. The lowest BCUT2D eigenvalue weighted by atomic mass is 9.96. The molecule has 1 N–H and O–H groups in total. The largest absolute Gasteiger partial charge is 0.512 e. The van der Waals surface area contributed by atoms with Gasteiger partial charge >= 0.3 is 6.16 Å². The van der Waals surface area contributed by atoms with E-state index in [0.29, 0.717) is 36.1 Å². The van der Waals surface area contributed by atoms with Gasteiger partial charge in [-0.25, -0.2) is 4.79 Å². The molecule has 186 valence electrons. The molecule has 1 aromatic heterocycles. The van der Waals surface area contributed by atoms with E-state index in [0.717, 1.165) is 27.6 Å². The first-order valence-electron chi connectivity index (χ1n) is 11.8. The summed E-state index contributed by atoms with van der Waals surface area (Å²) in [6.07, 6.45) is -0.850. The van der Waals surface area contributed by atoms with Crippen molar-refractivity contribution >= 4 is 33.5 Å². The topological polar surface area (TPSA) is 104 Å². The van der Waals surface area contributed by atoms with Crippen LogP contribution < -0.4 is 9.47 Å². The molecule has 8 nitrogen and oxygen atoms in total. The van der Waals surface area contributed by atoms with Crippen molar-refractivity contribution in [3.8, 4) is 22.8 Å². The number of aromatic nitrogens is 1. The van der Waals surface area contributed by atoms with Crippen molar-refractivity contribution in [1.29, 1.82) is 0 Å². The third-order valence-electron chi connectivity index (χ3n) is 6.35. The van der Waals surface area contributed by atoms with Crippen LogP contribution in [0.15, 0.2) is 84.9 Å². The van der Waals surface area contributed by atoms with Crippen LogP contribution in [0.2, 0.25) is 0 Å². The van der Waals surface area contributed by atoms with Crippen LogP contribution in [0.5, 0.6) is 11.6 Å². The van der Waals surface area contributed by atoms with Gasteiger partial charge in [-0.15, -0.1) is 0 Å². The molecule has 1 heterocycles. The monoisotopic (exact) mass is 496 g/mol. The Morgan fingerprint density at radius 3 is 2.54 bits per heavy atom. The molecule has 0 atom stereocenters. The average molecular weight is 497 g/mol. The quantitative estimate of drug-likeness (QED) is 0.105. The molecule has 0 spiro atoms. The van der Waals surface area contributed by atoms with Crippen LogP contribution in [0.3, 0.4) is 0 Å². The second kappa shape index (κ2) is 10.0. The van der Waals surface area contributed by atoms with E-state index in [1.165, 1.54) is 6.07 Å². The second-order valence-electron chi connectivity index (χ2n) is 8.65. The predicted molar refractivity (Wildman–Crippen MR) is 141 cm³/mol. The Bertz CT molecular complexity index is 1630. The number of carbonyl (C=O) groups is 1. The van der Waals surface area contributed by atoms with Gasteiger partial charge in [0.2, 0.25) is 5.88 Å². The Hall–Kier alpha value is -4.85. The number of aryl methyl sites for hydroxylation is 2. The lowest BCUT2D eigenvalue weighted by Gasteiger charge is -2.12. The summed E-state index contributed by atoms with van der Waals surface area (Å²) in [5.74, 6) is 0.933. The number of ether oxygens (including phenoxy) is 2. The normalized spacial score (nSPS) is 11.1. The van der Waals surface area contributed by atoms with Crippen LogP contribution in [0.4, 0.5) is 10.5 Å². The highest BCUT2D eigenvalue weighted by molar-refractivity contribution is 6.00. The van der Waals surface area contributed by atoms with Crippen LogP contribution >= 0.6 is 0 Å². The lowest BCUT2D eigenvalue weighted by molar-refractivity contribution is -0.384. The summed E-state index contributed by atoms with van der Waals surface area (Å²) < 4.78 is 12.9. The van der Waals surface area contributed by atoms with Crippen molar-refractivity contribution in [3.63, 3.8) is 0 Å². The summed E-state index contributed by atoms with van der Waals surface area (Å²) >= 11 is 0. The Labute approximate surface area is 212 Å². The Morgan fingerprint density at radius 1 is 0.973 bits per heavy atom. The zero-order chi connectivity index (χ0) is 25.9. The van der Waals surface area contributed by atoms with Gasteiger partial charge in [0.15, 0.2) is 0 Å². The maximum absolute atomic E-state index is 11.8. The van der Waals surface area contributed by atoms with Crippen molar-refractivity contribution in [2.24, 2.45) is 0 Å². The third kappa shape index (κ3) is 4.69. The molecule has 5 rings (SSSR count). The summed E-state index contributed by atoms with van der Waals surface area (Å²) in [6.45, 7) is 2.65. The first-order valence-corrected chi connectivity index (χ1v) is 11.8. The molecule has 0 aliphatic rings. The molecule has 0 unspecified atom stereocenters. The minimum absolute atomic E-state index is 0.00978. The van der Waals surface area contributed by atoms with Crippen LogP contribution in [-0.2, 0) is 6.54 Å². The molecule has 0 saturated carbocycles. The van der Waals surface area contributed by atoms with Crippen molar-refractivity contribution in [2.45, 2.75) is 19.9 Å². The smallest absolute Gasteiger partial charge is 0.493 e. The molecule has 0 bridgehead atoms. The first-order chi connectivity index (χ1) is 17.9. The highest BCUT2D eigenvalue weighted by Crippen LogP contribution is 2.40. The molecule has 0 radical (unpaired) electrons. The van der Waals surface area contributed by atoms with Gasteiger partial charge in [0, 0.05) is 29.4 Å². The molecule has 8 heteroatoms. The standard InChI is InChI=1S/C29H24N2O6/c1-19-8-4-14-25(31(34)35)28(19)22-12-6-13-24-23(22)18-27(37-29(32)33)30(24)16-7-17-36-26-15-5-10-20-9-2-3-11-21(20)26/h2-6,8-15,18H,7,16-17H2,1H3,(H,32,33). The highest BCUT2D eigenvalue weighted by atomic mass is 16.7. The molecular formula is C29H24N2O6. The SMILES string of the molecule is Cc1cccc([N+](=O)[O-])c1-c1cccc2c1cc(OC(=O)O)n2CCCOc1cccc2ccccc12. The van der Waals surface area contributed by atoms with E-state index in [-0.39, 0.29) is 11.6 Å². The maximum Gasteiger partial charge on any atom is 0.512 e. The molecule has 5 aromatic rings. The molecule has 37 heavy (non-hydrogen) atoms. The van der Waals surface area contributed by atoms with E-state index < -0.39 is 11.1 Å². The van der Waals surface area contributed by atoms with E-state index >= 15 is 0 Å².